The highest BCUT2D eigenvalue weighted by atomic mass is 32.1. The molecule has 28 heavy (non-hydrogen) atoms. The first-order valence-electron chi connectivity index (χ1n) is 10.1. The van der Waals surface area contributed by atoms with Crippen molar-refractivity contribution in [2.24, 2.45) is 0 Å². The summed E-state index contributed by atoms with van der Waals surface area (Å²) in [5.74, 6) is -0.0702. The van der Waals surface area contributed by atoms with E-state index in [9.17, 15) is 4.79 Å². The number of nitrogens with zero attached hydrogens (tertiary/aromatic N) is 3. The van der Waals surface area contributed by atoms with Crippen molar-refractivity contribution in [3.05, 3.63) is 45.7 Å². The molecule has 2 aromatic heterocycles. The molecule has 0 spiro atoms. The molecular weight excluding hydrogens is 370 g/mol. The second-order valence-corrected chi connectivity index (χ2v) is 8.42. The predicted octanol–water partition coefficient (Wildman–Crippen LogP) is 2.92. The molecule has 0 bridgehead atoms. The Morgan fingerprint density at radius 3 is 2.64 bits per heavy atom. The lowest BCUT2D eigenvalue weighted by molar-refractivity contribution is 0.0942. The minimum Gasteiger partial charge on any atom is -0.352 e. The summed E-state index contributed by atoms with van der Waals surface area (Å²) < 4.78 is 0. The van der Waals surface area contributed by atoms with E-state index in [-0.39, 0.29) is 5.91 Å². The van der Waals surface area contributed by atoms with Gasteiger partial charge in [-0.2, -0.15) is 11.3 Å². The number of aryl methyl sites for hydroxylation is 2. The van der Waals surface area contributed by atoms with Crippen molar-refractivity contribution < 1.29 is 4.79 Å². The summed E-state index contributed by atoms with van der Waals surface area (Å²) in [4.78, 5) is 23.2. The number of hydrogen-bond acceptors (Lipinski definition) is 6. The number of thiophene rings is 1. The van der Waals surface area contributed by atoms with Crippen LogP contribution in [0.5, 0.6) is 0 Å². The van der Waals surface area contributed by atoms with E-state index in [2.05, 4.69) is 49.3 Å². The largest absolute Gasteiger partial charge is 0.352 e. The fourth-order valence-electron chi connectivity index (χ4n) is 3.79. The molecule has 2 aromatic rings. The minimum atomic E-state index is -0.0702. The molecule has 1 aliphatic rings. The highest BCUT2D eigenvalue weighted by Gasteiger charge is 2.22. The summed E-state index contributed by atoms with van der Waals surface area (Å²) in [6, 6.07) is 3.26. The van der Waals surface area contributed by atoms with Crippen LogP contribution in [-0.2, 0) is 6.54 Å². The second-order valence-electron chi connectivity index (χ2n) is 7.64. The molecule has 6 nitrogen and oxygen atoms in total. The van der Waals surface area contributed by atoms with Gasteiger partial charge in [-0.1, -0.05) is 0 Å². The lowest BCUT2D eigenvalue weighted by Crippen LogP contribution is -2.46. The Bertz CT molecular complexity index is 736. The highest BCUT2D eigenvalue weighted by Crippen LogP contribution is 2.16. The summed E-state index contributed by atoms with van der Waals surface area (Å²) >= 11 is 1.75. The van der Waals surface area contributed by atoms with Gasteiger partial charge in [0.1, 0.15) is 6.33 Å². The maximum Gasteiger partial charge on any atom is 0.254 e. The van der Waals surface area contributed by atoms with Gasteiger partial charge in [0.2, 0.25) is 0 Å². The molecule has 0 aromatic carbocycles. The van der Waals surface area contributed by atoms with E-state index in [1.165, 1.54) is 24.7 Å². The lowest BCUT2D eigenvalue weighted by Gasteiger charge is -2.36. The standard InChI is InChI=1S/C21H31N5OS/c1-15(4-8-22-21(27)20-16(2)24-14-25-17(20)3)26-9-5-19(6-10-26)23-12-18-7-11-28-13-18/h7,11,13-15,19,23H,4-6,8-10,12H2,1-3H3,(H,22,27). The van der Waals surface area contributed by atoms with Gasteiger partial charge in [0.15, 0.2) is 0 Å². The van der Waals surface area contributed by atoms with Gasteiger partial charge in [0.25, 0.3) is 5.91 Å². The van der Waals surface area contributed by atoms with Gasteiger partial charge < -0.3 is 15.5 Å². The quantitative estimate of drug-likeness (QED) is 0.712. The van der Waals surface area contributed by atoms with Crippen molar-refractivity contribution in [3.63, 3.8) is 0 Å². The number of rotatable bonds is 8. The molecular formula is C21H31N5OS. The molecule has 1 unspecified atom stereocenters. The van der Waals surface area contributed by atoms with Crippen LogP contribution < -0.4 is 10.6 Å². The number of nitrogens with one attached hydrogen (secondary N) is 2. The molecule has 0 radical (unpaired) electrons. The van der Waals surface area contributed by atoms with Crippen LogP contribution in [0.2, 0.25) is 0 Å². The van der Waals surface area contributed by atoms with Gasteiger partial charge in [-0.25, -0.2) is 9.97 Å². The predicted molar refractivity (Wildman–Crippen MR) is 114 cm³/mol. The molecule has 1 saturated heterocycles. The van der Waals surface area contributed by atoms with Gasteiger partial charge >= 0.3 is 0 Å². The number of carbonyl (C=O) groups is 1. The molecule has 0 saturated carbocycles. The molecule has 0 aliphatic carbocycles. The average Bonchev–Trinajstić information content (AvgIpc) is 3.20. The van der Waals surface area contributed by atoms with Crippen LogP contribution in [0.15, 0.2) is 23.2 Å². The first-order chi connectivity index (χ1) is 13.5. The van der Waals surface area contributed by atoms with E-state index in [0.717, 1.165) is 37.4 Å². The molecule has 1 atom stereocenters. The first kappa shape index (κ1) is 20.9. The normalized spacial score (nSPS) is 16.8. The smallest absolute Gasteiger partial charge is 0.254 e. The Hall–Kier alpha value is -1.83. The third kappa shape index (κ3) is 5.59. The third-order valence-corrected chi connectivity index (χ3v) is 6.36. The zero-order chi connectivity index (χ0) is 19.9. The maximum atomic E-state index is 12.4. The van der Waals surface area contributed by atoms with E-state index in [0.29, 0.717) is 24.2 Å². The molecule has 2 N–H and O–H groups in total. The Balaban J connectivity index is 1.36. The third-order valence-electron chi connectivity index (χ3n) is 5.63. The number of likely N-dealkylation sites (tertiary alicyclic amines) is 1. The van der Waals surface area contributed by atoms with Crippen LogP contribution in [0.3, 0.4) is 0 Å². The Kier molecular flexibility index (Phi) is 7.53. The van der Waals surface area contributed by atoms with Crippen molar-refractivity contribution in [3.8, 4) is 0 Å². The number of hydrogen-bond donors (Lipinski definition) is 2. The first-order valence-corrected chi connectivity index (χ1v) is 11.0. The molecule has 3 heterocycles. The minimum absolute atomic E-state index is 0.0702. The highest BCUT2D eigenvalue weighted by molar-refractivity contribution is 7.07. The average molecular weight is 402 g/mol. The summed E-state index contributed by atoms with van der Waals surface area (Å²) in [5.41, 5.74) is 3.45. The fourth-order valence-corrected chi connectivity index (χ4v) is 4.46. The number of aromatic nitrogens is 2. The second kappa shape index (κ2) is 10.1. The van der Waals surface area contributed by atoms with Crippen LogP contribution in [0.1, 0.15) is 53.5 Å². The molecule has 7 heteroatoms. The molecule has 152 valence electrons. The van der Waals surface area contributed by atoms with E-state index in [4.69, 9.17) is 0 Å². The molecule has 1 aliphatic heterocycles. The fraction of sp³-hybridized carbons (Fsp3) is 0.571. The van der Waals surface area contributed by atoms with E-state index in [1.54, 1.807) is 11.3 Å². The summed E-state index contributed by atoms with van der Waals surface area (Å²) in [6.45, 7) is 9.82. The molecule has 1 amide bonds. The number of piperidine rings is 1. The van der Waals surface area contributed by atoms with Crippen LogP contribution in [0.4, 0.5) is 0 Å². The van der Waals surface area contributed by atoms with Crippen molar-refractivity contribution in [2.45, 2.75) is 58.7 Å². The van der Waals surface area contributed by atoms with Gasteiger partial charge in [-0.15, -0.1) is 0 Å². The van der Waals surface area contributed by atoms with Crippen molar-refractivity contribution in [1.82, 2.24) is 25.5 Å². The Labute approximate surface area is 171 Å². The van der Waals surface area contributed by atoms with Crippen LogP contribution in [0, 0.1) is 13.8 Å². The van der Waals surface area contributed by atoms with E-state index in [1.807, 2.05) is 13.8 Å². The van der Waals surface area contributed by atoms with Gasteiger partial charge in [-0.3, -0.25) is 4.79 Å². The van der Waals surface area contributed by atoms with Gasteiger partial charge in [0.05, 0.1) is 17.0 Å². The van der Waals surface area contributed by atoms with Crippen LogP contribution in [-0.4, -0.2) is 52.5 Å². The number of amides is 1. The summed E-state index contributed by atoms with van der Waals surface area (Å²) in [6.07, 6.45) is 4.81. The van der Waals surface area contributed by atoms with Crippen LogP contribution in [0.25, 0.3) is 0 Å². The molecule has 1 fully saturated rings. The van der Waals surface area contributed by atoms with Crippen molar-refractivity contribution >= 4 is 17.2 Å². The van der Waals surface area contributed by atoms with Gasteiger partial charge in [-0.05, 0) is 75.5 Å². The van der Waals surface area contributed by atoms with E-state index < -0.39 is 0 Å². The summed E-state index contributed by atoms with van der Waals surface area (Å²) in [7, 11) is 0. The van der Waals surface area contributed by atoms with Crippen molar-refractivity contribution in [1.29, 1.82) is 0 Å². The SMILES string of the molecule is Cc1ncnc(C)c1C(=O)NCCC(C)N1CCC(NCc2ccsc2)CC1. The van der Waals surface area contributed by atoms with Crippen LogP contribution >= 0.6 is 11.3 Å². The van der Waals surface area contributed by atoms with Gasteiger partial charge in [0, 0.05) is 25.2 Å². The van der Waals surface area contributed by atoms with Crippen molar-refractivity contribution in [2.75, 3.05) is 19.6 Å². The lowest BCUT2D eigenvalue weighted by atomic mass is 10.0. The molecule has 3 rings (SSSR count). The zero-order valence-corrected chi connectivity index (χ0v) is 17.9. The Morgan fingerprint density at radius 1 is 1.29 bits per heavy atom. The topological polar surface area (TPSA) is 70.2 Å². The zero-order valence-electron chi connectivity index (χ0n) is 17.1. The number of carbonyl (C=O) groups excluding carboxylic acids is 1. The monoisotopic (exact) mass is 401 g/mol. The summed E-state index contributed by atoms with van der Waals surface area (Å²) in [5, 5.41) is 11.1. The van der Waals surface area contributed by atoms with E-state index >= 15 is 0 Å². The Morgan fingerprint density at radius 2 is 2.00 bits per heavy atom. The maximum absolute atomic E-state index is 12.4.